The zero-order valence-corrected chi connectivity index (χ0v) is 40.0. The number of hydrogen-bond acceptors (Lipinski definition) is 10. The Labute approximate surface area is 392 Å². The van der Waals surface area contributed by atoms with Crippen molar-refractivity contribution in [2.75, 3.05) is 61.2 Å². The zero-order valence-electron chi connectivity index (χ0n) is 38.4. The summed E-state index contributed by atoms with van der Waals surface area (Å²) in [5.41, 5.74) is 1.26. The predicted octanol–water partition coefficient (Wildman–Crippen LogP) is 10.9. The molecule has 4 heterocycles. The summed E-state index contributed by atoms with van der Waals surface area (Å²) >= 11 is 3.54. The van der Waals surface area contributed by atoms with Crippen molar-refractivity contribution in [2.24, 2.45) is 5.92 Å². The maximum atomic E-state index is 13.9. The van der Waals surface area contributed by atoms with Gasteiger partial charge in [0.05, 0.1) is 41.5 Å². The van der Waals surface area contributed by atoms with Crippen molar-refractivity contribution in [1.82, 2.24) is 20.0 Å². The average molecular weight is 917 g/mol. The monoisotopic (exact) mass is 916 g/mol. The molecule has 10 nitrogen and oxygen atoms in total. The van der Waals surface area contributed by atoms with Gasteiger partial charge in [-0.3, -0.25) is 14.5 Å². The van der Waals surface area contributed by atoms with E-state index in [0.29, 0.717) is 65.8 Å². The Bertz CT molecular complexity index is 2440. The Kier molecular flexibility index (Phi) is 16.0. The van der Waals surface area contributed by atoms with Crippen LogP contribution in [0.25, 0.3) is 20.2 Å². The van der Waals surface area contributed by atoms with Crippen molar-refractivity contribution in [2.45, 2.75) is 83.0 Å². The van der Waals surface area contributed by atoms with Crippen LogP contribution in [-0.4, -0.2) is 99.8 Å². The van der Waals surface area contributed by atoms with E-state index in [4.69, 9.17) is 18.9 Å². The van der Waals surface area contributed by atoms with Crippen LogP contribution in [0.15, 0.2) is 97.1 Å². The Hall–Kier alpha value is -5.14. The van der Waals surface area contributed by atoms with Crippen LogP contribution in [-0.2, 0) is 13.1 Å². The number of rotatable bonds is 16. The molecule has 2 amide bonds. The quantitative estimate of drug-likeness (QED) is 0.103. The number of likely N-dealkylation sites (tertiary alicyclic amines) is 1. The number of nitrogens with one attached hydrogen (secondary N) is 1. The largest absolute Gasteiger partial charge is 0.493 e. The van der Waals surface area contributed by atoms with E-state index in [1.807, 2.05) is 35.2 Å². The van der Waals surface area contributed by atoms with Crippen LogP contribution in [0.5, 0.6) is 23.0 Å². The van der Waals surface area contributed by atoms with Gasteiger partial charge in [-0.05, 0) is 129 Å². The van der Waals surface area contributed by atoms with Gasteiger partial charge in [-0.15, -0.1) is 22.7 Å². The number of amides is 2. The van der Waals surface area contributed by atoms with Crippen LogP contribution in [0, 0.1) is 5.92 Å². The fourth-order valence-corrected chi connectivity index (χ4v) is 12.0. The fraction of sp³-hybridized carbons (Fsp3) is 0.434. The minimum atomic E-state index is 0.0112. The molecule has 0 spiro atoms. The van der Waals surface area contributed by atoms with Crippen molar-refractivity contribution >= 4 is 54.7 Å². The molecule has 2 aromatic heterocycles. The van der Waals surface area contributed by atoms with Gasteiger partial charge >= 0.3 is 0 Å². The van der Waals surface area contributed by atoms with Crippen molar-refractivity contribution in [3.05, 3.63) is 118 Å². The second-order valence-corrected chi connectivity index (χ2v) is 19.9. The van der Waals surface area contributed by atoms with E-state index in [0.717, 1.165) is 44.8 Å². The molecule has 3 fully saturated rings. The highest BCUT2D eigenvalue weighted by molar-refractivity contribution is 7.19. The summed E-state index contributed by atoms with van der Waals surface area (Å²) in [6.07, 6.45) is 11.5. The standard InChI is InChI=1S/C30H38N2O3S.C23H26N2O3S/c1-34-27-15-14-24(18-28(27)35-2)30(33)32(21-26-17-23-11-6-7-13-29(23)36-26)20-25-12-8-16-31(25)19-22-9-4-3-5-10-22;1-27-20-10-9-17(13-21(20)28-2)23(26)25(14-18-7-5-11-24-18)15-19-12-16-6-3-4-8-22(16)29-19/h6-7,11,13-15,17-18,22,25H,3-5,8-10,12,16,19-21H2,1-2H3;3-4,6,8-10,12-13,18,24H,5,7,11,14-15H2,1-2H3/t25-;18-/m00/s1. The van der Waals surface area contributed by atoms with Gasteiger partial charge in [0.2, 0.25) is 0 Å². The van der Waals surface area contributed by atoms with Gasteiger partial charge in [-0.25, -0.2) is 0 Å². The Morgan fingerprint density at radius 3 is 1.65 bits per heavy atom. The van der Waals surface area contributed by atoms with Gasteiger partial charge in [-0.1, -0.05) is 55.7 Å². The molecular weight excluding hydrogens is 853 g/mol. The number of methoxy groups -OCH3 is 4. The Morgan fingerprint density at radius 2 is 1.14 bits per heavy atom. The van der Waals surface area contributed by atoms with E-state index in [1.165, 1.54) is 75.0 Å². The van der Waals surface area contributed by atoms with E-state index >= 15 is 0 Å². The molecule has 0 radical (unpaired) electrons. The molecule has 0 bridgehead atoms. The van der Waals surface area contributed by atoms with E-state index in [9.17, 15) is 9.59 Å². The molecule has 2 aliphatic heterocycles. The fourth-order valence-electron chi connectivity index (χ4n) is 9.82. The first kappa shape index (κ1) is 46.4. The number of benzene rings is 4. The summed E-state index contributed by atoms with van der Waals surface area (Å²) in [7, 11) is 6.42. The van der Waals surface area contributed by atoms with E-state index in [1.54, 1.807) is 63.2 Å². The van der Waals surface area contributed by atoms with Crippen LogP contribution in [0.2, 0.25) is 0 Å². The van der Waals surface area contributed by atoms with Crippen LogP contribution in [0.3, 0.4) is 0 Å². The number of carbonyl (C=O) groups is 2. The van der Waals surface area contributed by atoms with Crippen molar-refractivity contribution in [3.8, 4) is 23.0 Å². The molecule has 3 aliphatic rings. The van der Waals surface area contributed by atoms with Crippen LogP contribution >= 0.6 is 22.7 Å². The van der Waals surface area contributed by atoms with E-state index in [-0.39, 0.29) is 11.8 Å². The minimum absolute atomic E-state index is 0.0112. The molecule has 1 aliphatic carbocycles. The predicted molar refractivity (Wildman–Crippen MR) is 264 cm³/mol. The number of hydrogen-bond donors (Lipinski definition) is 1. The molecule has 9 rings (SSSR count). The van der Waals surface area contributed by atoms with Gasteiger partial charge in [0.1, 0.15) is 0 Å². The zero-order chi connectivity index (χ0) is 45.1. The highest BCUT2D eigenvalue weighted by Gasteiger charge is 2.31. The summed E-state index contributed by atoms with van der Waals surface area (Å²) in [5.74, 6) is 3.30. The number of nitrogens with zero attached hydrogens (tertiary/aromatic N) is 3. The third-order valence-corrected chi connectivity index (χ3v) is 15.4. The lowest BCUT2D eigenvalue weighted by atomic mass is 9.89. The number of ether oxygens (including phenoxy) is 4. The number of thiophene rings is 2. The van der Waals surface area contributed by atoms with Crippen molar-refractivity contribution < 1.29 is 28.5 Å². The highest BCUT2D eigenvalue weighted by Crippen LogP contribution is 2.34. The van der Waals surface area contributed by atoms with Crippen LogP contribution in [0.4, 0.5) is 0 Å². The Balaban J connectivity index is 0.000000181. The molecule has 1 saturated carbocycles. The third kappa shape index (κ3) is 11.6. The van der Waals surface area contributed by atoms with Gasteiger partial charge in [0, 0.05) is 62.0 Å². The van der Waals surface area contributed by atoms with E-state index < -0.39 is 0 Å². The lowest BCUT2D eigenvalue weighted by Crippen LogP contribution is -2.44. The molecule has 4 aromatic carbocycles. The molecular formula is C53H64N4O6S2. The van der Waals surface area contributed by atoms with Gasteiger partial charge in [0.15, 0.2) is 23.0 Å². The maximum absolute atomic E-state index is 13.9. The molecule has 344 valence electrons. The Morgan fingerprint density at radius 1 is 0.600 bits per heavy atom. The first-order chi connectivity index (χ1) is 31.8. The topological polar surface area (TPSA) is 92.8 Å². The van der Waals surface area contributed by atoms with Crippen LogP contribution in [0.1, 0.15) is 88.3 Å². The molecule has 2 atom stereocenters. The minimum Gasteiger partial charge on any atom is -0.493 e. The number of carbonyl (C=O) groups excluding carboxylic acids is 2. The maximum Gasteiger partial charge on any atom is 0.254 e. The smallest absolute Gasteiger partial charge is 0.254 e. The summed E-state index contributed by atoms with van der Waals surface area (Å²) in [6.45, 7) is 6.04. The van der Waals surface area contributed by atoms with Crippen molar-refractivity contribution in [1.29, 1.82) is 0 Å². The molecule has 0 unspecified atom stereocenters. The first-order valence-corrected chi connectivity index (χ1v) is 24.9. The van der Waals surface area contributed by atoms with E-state index in [2.05, 4.69) is 69.7 Å². The molecule has 65 heavy (non-hydrogen) atoms. The highest BCUT2D eigenvalue weighted by atomic mass is 32.1. The van der Waals surface area contributed by atoms with Crippen molar-refractivity contribution in [3.63, 3.8) is 0 Å². The summed E-state index contributed by atoms with van der Waals surface area (Å²) in [6, 6.07) is 32.9. The lowest BCUT2D eigenvalue weighted by molar-refractivity contribution is 0.0677. The second-order valence-electron chi connectivity index (χ2n) is 17.6. The van der Waals surface area contributed by atoms with Gasteiger partial charge in [-0.2, -0.15) is 0 Å². The molecule has 6 aromatic rings. The third-order valence-electron chi connectivity index (χ3n) is 13.2. The molecule has 12 heteroatoms. The average Bonchev–Trinajstić information content (AvgIpc) is 4.19. The number of fused-ring (bicyclic) bond motifs is 2. The normalized spacial score (nSPS) is 17.7. The summed E-state index contributed by atoms with van der Waals surface area (Å²) in [5, 5.41) is 5.98. The first-order valence-electron chi connectivity index (χ1n) is 23.3. The lowest BCUT2D eigenvalue weighted by Gasteiger charge is -2.34. The van der Waals surface area contributed by atoms with Gasteiger partial charge < -0.3 is 34.1 Å². The van der Waals surface area contributed by atoms with Gasteiger partial charge in [0.25, 0.3) is 11.8 Å². The second kappa shape index (κ2) is 22.4. The molecule has 1 N–H and O–H groups in total. The SMILES string of the molecule is COc1ccc(C(=O)N(Cc2cc3ccccc3s2)C[C@@H]2CCCN2)cc1OC.COc1ccc(C(=O)N(Cc2cc3ccccc3s2)C[C@@H]2CCCN2CC2CCCCC2)cc1OC. The summed E-state index contributed by atoms with van der Waals surface area (Å²) < 4.78 is 24.1. The molecule has 2 saturated heterocycles. The summed E-state index contributed by atoms with van der Waals surface area (Å²) in [4.78, 5) is 36.5. The van der Waals surface area contributed by atoms with Crippen LogP contribution < -0.4 is 24.3 Å².